The topological polar surface area (TPSA) is 41.6 Å². The molecular formula is C19H24N2O2S. The normalized spacial score (nSPS) is 16.0. The van der Waals surface area contributed by atoms with Gasteiger partial charge in [-0.3, -0.25) is 4.21 Å². The van der Waals surface area contributed by atoms with E-state index in [9.17, 15) is 4.21 Å². The zero-order valence-electron chi connectivity index (χ0n) is 14.0. The van der Waals surface area contributed by atoms with Crippen LogP contribution in [0.2, 0.25) is 0 Å². The lowest BCUT2D eigenvalue weighted by atomic mass is 10.1. The van der Waals surface area contributed by atoms with Gasteiger partial charge in [0.05, 0.1) is 13.2 Å². The molecule has 0 spiro atoms. The van der Waals surface area contributed by atoms with Gasteiger partial charge in [-0.1, -0.05) is 30.3 Å². The van der Waals surface area contributed by atoms with Gasteiger partial charge < -0.3 is 15.0 Å². The molecule has 24 heavy (non-hydrogen) atoms. The number of nitrogens with zero attached hydrogens (tertiary/aromatic N) is 1. The molecule has 0 bridgehead atoms. The molecule has 0 aromatic heterocycles. The Bertz CT molecular complexity index is 699. The van der Waals surface area contributed by atoms with E-state index < -0.39 is 10.8 Å². The zero-order valence-corrected chi connectivity index (χ0v) is 14.8. The smallest absolute Gasteiger partial charge is 0.0642 e. The lowest BCUT2D eigenvalue weighted by Gasteiger charge is -2.30. The number of benzene rings is 2. The van der Waals surface area contributed by atoms with Crippen LogP contribution >= 0.6 is 0 Å². The molecule has 2 aromatic carbocycles. The van der Waals surface area contributed by atoms with Crippen molar-refractivity contribution in [1.82, 2.24) is 0 Å². The molecule has 5 heteroatoms. The number of morpholine rings is 1. The van der Waals surface area contributed by atoms with Crippen LogP contribution < -0.4 is 10.2 Å². The Morgan fingerprint density at radius 3 is 2.71 bits per heavy atom. The fourth-order valence-electron chi connectivity index (χ4n) is 2.98. The average Bonchev–Trinajstić information content (AvgIpc) is 2.61. The molecule has 128 valence electrons. The van der Waals surface area contributed by atoms with E-state index in [0.29, 0.717) is 5.75 Å². The van der Waals surface area contributed by atoms with Gasteiger partial charge in [0.1, 0.15) is 0 Å². The predicted molar refractivity (Wildman–Crippen MR) is 101 cm³/mol. The van der Waals surface area contributed by atoms with Crippen molar-refractivity contribution in [2.24, 2.45) is 0 Å². The summed E-state index contributed by atoms with van der Waals surface area (Å²) in [7, 11) is -0.818. The minimum absolute atomic E-state index is 0.597. The van der Waals surface area contributed by atoms with Crippen LogP contribution in [0.3, 0.4) is 0 Å². The third-order valence-electron chi connectivity index (χ3n) is 4.12. The molecule has 1 heterocycles. The van der Waals surface area contributed by atoms with E-state index in [1.807, 2.05) is 12.1 Å². The molecule has 1 saturated heterocycles. The second-order valence-electron chi connectivity index (χ2n) is 6.00. The van der Waals surface area contributed by atoms with Gasteiger partial charge in [0.2, 0.25) is 0 Å². The summed E-state index contributed by atoms with van der Waals surface area (Å²) >= 11 is 0. The monoisotopic (exact) mass is 344 g/mol. The van der Waals surface area contributed by atoms with E-state index >= 15 is 0 Å². The van der Waals surface area contributed by atoms with Crippen LogP contribution in [0.1, 0.15) is 11.1 Å². The third kappa shape index (κ3) is 4.58. The molecule has 1 aliphatic heterocycles. The zero-order chi connectivity index (χ0) is 16.8. The molecule has 0 amide bonds. The largest absolute Gasteiger partial charge is 0.381 e. The molecule has 4 nitrogen and oxygen atoms in total. The number of hydrogen-bond acceptors (Lipinski definition) is 4. The van der Waals surface area contributed by atoms with Crippen LogP contribution in [0.15, 0.2) is 48.5 Å². The summed E-state index contributed by atoms with van der Waals surface area (Å²) < 4.78 is 16.9. The first-order chi connectivity index (χ1) is 11.7. The Kier molecular flexibility index (Phi) is 5.88. The average molecular weight is 344 g/mol. The summed E-state index contributed by atoms with van der Waals surface area (Å²) in [5.74, 6) is 0.597. The van der Waals surface area contributed by atoms with Crippen LogP contribution in [-0.2, 0) is 27.8 Å². The Labute approximate surface area is 146 Å². The number of ether oxygens (including phenoxy) is 1. The summed E-state index contributed by atoms with van der Waals surface area (Å²) in [6.07, 6.45) is 1.73. The number of nitrogens with one attached hydrogen (secondary N) is 1. The van der Waals surface area contributed by atoms with Crippen molar-refractivity contribution < 1.29 is 8.95 Å². The summed E-state index contributed by atoms with van der Waals surface area (Å²) in [6.45, 7) is 4.23. The quantitative estimate of drug-likeness (QED) is 0.875. The summed E-state index contributed by atoms with van der Waals surface area (Å²) in [5, 5.41) is 3.50. The van der Waals surface area contributed by atoms with Gasteiger partial charge in [-0.15, -0.1) is 0 Å². The molecule has 0 radical (unpaired) electrons. The Morgan fingerprint density at radius 1 is 1.12 bits per heavy atom. The molecular weight excluding hydrogens is 320 g/mol. The molecule has 3 rings (SSSR count). The van der Waals surface area contributed by atoms with Crippen LogP contribution in [0.25, 0.3) is 0 Å². The van der Waals surface area contributed by atoms with Crippen molar-refractivity contribution in [3.05, 3.63) is 59.7 Å². The number of para-hydroxylation sites is 1. The maximum Gasteiger partial charge on any atom is 0.0642 e. The fourth-order valence-corrected chi connectivity index (χ4v) is 3.63. The maximum absolute atomic E-state index is 11.4. The van der Waals surface area contributed by atoms with Crippen LogP contribution in [0, 0.1) is 0 Å². The van der Waals surface area contributed by atoms with E-state index in [4.69, 9.17) is 4.74 Å². The van der Waals surface area contributed by atoms with E-state index in [1.165, 1.54) is 11.3 Å². The first-order valence-electron chi connectivity index (χ1n) is 8.26. The molecule has 1 N–H and O–H groups in total. The summed E-state index contributed by atoms with van der Waals surface area (Å²) in [4.78, 5) is 2.39. The van der Waals surface area contributed by atoms with E-state index in [2.05, 4.69) is 46.6 Å². The Hall–Kier alpha value is -1.85. The first kappa shape index (κ1) is 17.0. The van der Waals surface area contributed by atoms with E-state index in [0.717, 1.165) is 44.1 Å². The molecule has 0 saturated carbocycles. The Balaban J connectivity index is 1.69. The van der Waals surface area contributed by atoms with Gasteiger partial charge in [-0.2, -0.15) is 0 Å². The SMILES string of the molecule is CS(=O)Cc1cccc(NCc2ccccc2N2CCOCC2)c1. The predicted octanol–water partition coefficient (Wildman–Crippen LogP) is 3.01. The fraction of sp³-hybridized carbons (Fsp3) is 0.368. The highest BCUT2D eigenvalue weighted by atomic mass is 32.2. The summed E-state index contributed by atoms with van der Waals surface area (Å²) in [6, 6.07) is 16.7. The highest BCUT2D eigenvalue weighted by Crippen LogP contribution is 2.23. The van der Waals surface area contributed by atoms with E-state index in [-0.39, 0.29) is 0 Å². The second-order valence-corrected chi connectivity index (χ2v) is 7.43. The first-order valence-corrected chi connectivity index (χ1v) is 9.98. The molecule has 1 fully saturated rings. The van der Waals surface area contributed by atoms with Crippen molar-refractivity contribution in [3.8, 4) is 0 Å². The van der Waals surface area contributed by atoms with Crippen molar-refractivity contribution in [3.63, 3.8) is 0 Å². The van der Waals surface area contributed by atoms with Crippen molar-refractivity contribution in [2.75, 3.05) is 42.8 Å². The number of anilines is 2. The van der Waals surface area contributed by atoms with Crippen molar-refractivity contribution in [2.45, 2.75) is 12.3 Å². The second kappa shape index (κ2) is 8.31. The lowest BCUT2D eigenvalue weighted by Crippen LogP contribution is -2.36. The molecule has 1 aliphatic rings. The highest BCUT2D eigenvalue weighted by Gasteiger charge is 2.14. The molecule has 1 unspecified atom stereocenters. The van der Waals surface area contributed by atoms with Crippen molar-refractivity contribution >= 4 is 22.2 Å². The van der Waals surface area contributed by atoms with Gasteiger partial charge in [-0.25, -0.2) is 0 Å². The van der Waals surface area contributed by atoms with Gasteiger partial charge in [0, 0.05) is 53.8 Å². The van der Waals surface area contributed by atoms with Crippen LogP contribution in [-0.4, -0.2) is 36.8 Å². The number of rotatable bonds is 6. The molecule has 2 aromatic rings. The van der Waals surface area contributed by atoms with Crippen LogP contribution in [0.5, 0.6) is 0 Å². The van der Waals surface area contributed by atoms with Gasteiger partial charge in [0.15, 0.2) is 0 Å². The lowest BCUT2D eigenvalue weighted by molar-refractivity contribution is 0.122. The van der Waals surface area contributed by atoms with E-state index in [1.54, 1.807) is 6.26 Å². The molecule has 0 aliphatic carbocycles. The molecule has 1 atom stereocenters. The Morgan fingerprint density at radius 2 is 1.92 bits per heavy atom. The number of hydrogen-bond donors (Lipinski definition) is 1. The minimum atomic E-state index is -0.818. The third-order valence-corrected chi connectivity index (χ3v) is 4.86. The van der Waals surface area contributed by atoms with Crippen molar-refractivity contribution in [1.29, 1.82) is 0 Å². The van der Waals surface area contributed by atoms with Gasteiger partial charge in [0.25, 0.3) is 0 Å². The van der Waals surface area contributed by atoms with Gasteiger partial charge in [-0.05, 0) is 29.3 Å². The summed E-state index contributed by atoms with van der Waals surface area (Å²) in [5.41, 5.74) is 4.72. The minimum Gasteiger partial charge on any atom is -0.381 e. The van der Waals surface area contributed by atoms with Crippen LogP contribution in [0.4, 0.5) is 11.4 Å². The van der Waals surface area contributed by atoms with Gasteiger partial charge >= 0.3 is 0 Å². The maximum atomic E-state index is 11.4. The highest BCUT2D eigenvalue weighted by molar-refractivity contribution is 7.83. The standard InChI is InChI=1S/C19H24N2O2S/c1-24(22)15-16-5-4-7-18(13-16)20-14-17-6-2-3-8-19(17)21-9-11-23-12-10-21/h2-8,13,20H,9-12,14-15H2,1H3.